The van der Waals surface area contributed by atoms with Crippen LogP contribution in [0.3, 0.4) is 0 Å². The van der Waals surface area contributed by atoms with Crippen molar-refractivity contribution < 1.29 is 0 Å². The maximum absolute atomic E-state index is 3.22. The second kappa shape index (κ2) is 17.4. The fraction of sp³-hybridized carbons (Fsp3) is 1.00. The van der Waals surface area contributed by atoms with Crippen molar-refractivity contribution in [2.45, 2.75) is 79.6 Å². The topological polar surface area (TPSA) is 12.0 Å². The molecular formula is C15H35N. The molecule has 1 aliphatic heterocycles. The molecule has 0 spiro atoms. The molecule has 2 rings (SSSR count). The molecule has 0 aromatic carbocycles. The normalized spacial score (nSPS) is 19.3. The summed E-state index contributed by atoms with van der Waals surface area (Å²) in [6, 6.07) is 0. The molecule has 0 unspecified atom stereocenters. The first-order chi connectivity index (χ1) is 7.89. The summed E-state index contributed by atoms with van der Waals surface area (Å²) in [6.07, 6.45) is 10.2. The van der Waals surface area contributed by atoms with Crippen molar-refractivity contribution in [1.82, 2.24) is 5.32 Å². The molecule has 100 valence electrons. The molecule has 0 amide bonds. The lowest BCUT2D eigenvalue weighted by molar-refractivity contribution is 0.385. The average molecular weight is 229 g/mol. The SMILES string of the molecule is C1CCNC1.CC.CC.CC1CCCCC1. The summed E-state index contributed by atoms with van der Waals surface area (Å²) in [5.74, 6) is 1.04. The lowest BCUT2D eigenvalue weighted by Crippen LogP contribution is -2.03. The molecule has 1 saturated carbocycles. The van der Waals surface area contributed by atoms with Gasteiger partial charge >= 0.3 is 0 Å². The minimum Gasteiger partial charge on any atom is -0.317 e. The molecule has 1 heteroatoms. The molecule has 1 nitrogen and oxygen atoms in total. The highest BCUT2D eigenvalue weighted by Gasteiger charge is 2.05. The molecule has 16 heavy (non-hydrogen) atoms. The average Bonchev–Trinajstić information content (AvgIpc) is 2.94. The standard InChI is InChI=1S/C7H14.C4H9N.2C2H6/c1-7-5-3-2-4-6-7;1-2-4-5-3-1;2*1-2/h7H,2-6H2,1H3;5H,1-4H2;2*1-2H3. The largest absolute Gasteiger partial charge is 0.317 e. The zero-order valence-corrected chi connectivity index (χ0v) is 12.4. The van der Waals surface area contributed by atoms with Gasteiger partial charge in [-0.25, -0.2) is 0 Å². The molecule has 2 fully saturated rings. The summed E-state index contributed by atoms with van der Waals surface area (Å²) in [5, 5.41) is 3.22. The van der Waals surface area contributed by atoms with Crippen LogP contribution in [0.25, 0.3) is 0 Å². The lowest BCUT2D eigenvalue weighted by Gasteiger charge is -2.15. The van der Waals surface area contributed by atoms with Gasteiger partial charge in [0.25, 0.3) is 0 Å². The van der Waals surface area contributed by atoms with Gasteiger partial charge in [0.05, 0.1) is 0 Å². The first kappa shape index (κ1) is 18.3. The molecule has 1 saturated heterocycles. The molecule has 0 radical (unpaired) electrons. The Bertz CT molecular complexity index is 84.0. The highest BCUT2D eigenvalue weighted by atomic mass is 14.9. The first-order valence-corrected chi connectivity index (χ1v) is 7.60. The van der Waals surface area contributed by atoms with Crippen molar-refractivity contribution in [2.75, 3.05) is 13.1 Å². The summed E-state index contributed by atoms with van der Waals surface area (Å²) in [6.45, 7) is 12.9. The van der Waals surface area contributed by atoms with E-state index in [0.29, 0.717) is 0 Å². The minimum absolute atomic E-state index is 1.04. The summed E-state index contributed by atoms with van der Waals surface area (Å²) >= 11 is 0. The number of hydrogen-bond acceptors (Lipinski definition) is 1. The van der Waals surface area contributed by atoms with E-state index in [1.165, 1.54) is 58.0 Å². The zero-order chi connectivity index (χ0) is 12.6. The van der Waals surface area contributed by atoms with Gasteiger partial charge < -0.3 is 5.32 Å². The van der Waals surface area contributed by atoms with E-state index in [9.17, 15) is 0 Å². The molecule has 2 aliphatic rings. The molecule has 0 aromatic heterocycles. The van der Waals surface area contributed by atoms with Crippen molar-refractivity contribution >= 4 is 0 Å². The van der Waals surface area contributed by atoms with Crippen LogP contribution in [0.5, 0.6) is 0 Å². The minimum atomic E-state index is 1.04. The van der Waals surface area contributed by atoms with Gasteiger partial charge in [-0.15, -0.1) is 0 Å². The third kappa shape index (κ3) is 14.0. The third-order valence-corrected chi connectivity index (χ3v) is 2.85. The molecular weight excluding hydrogens is 194 g/mol. The van der Waals surface area contributed by atoms with Crippen LogP contribution in [0.4, 0.5) is 0 Å². The summed E-state index contributed by atoms with van der Waals surface area (Å²) in [5.41, 5.74) is 0. The van der Waals surface area contributed by atoms with E-state index < -0.39 is 0 Å². The predicted molar refractivity (Wildman–Crippen MR) is 77.0 cm³/mol. The maximum atomic E-state index is 3.22. The van der Waals surface area contributed by atoms with Crippen molar-refractivity contribution in [3.63, 3.8) is 0 Å². The smallest absolute Gasteiger partial charge is 0.00484 e. The van der Waals surface area contributed by atoms with Crippen LogP contribution < -0.4 is 5.32 Å². The summed E-state index contributed by atoms with van der Waals surface area (Å²) in [7, 11) is 0. The Labute approximate surface area is 104 Å². The Hall–Kier alpha value is -0.0400. The lowest BCUT2D eigenvalue weighted by atomic mass is 9.91. The van der Waals surface area contributed by atoms with Gasteiger partial charge in [0.1, 0.15) is 0 Å². The van der Waals surface area contributed by atoms with Gasteiger partial charge in [-0.1, -0.05) is 66.7 Å². The second-order valence-corrected chi connectivity index (χ2v) is 4.20. The van der Waals surface area contributed by atoms with Gasteiger partial charge in [0.2, 0.25) is 0 Å². The van der Waals surface area contributed by atoms with Gasteiger partial charge in [-0.2, -0.15) is 0 Å². The van der Waals surface area contributed by atoms with Gasteiger partial charge in [-0.3, -0.25) is 0 Å². The van der Waals surface area contributed by atoms with E-state index in [0.717, 1.165) is 5.92 Å². The molecule has 1 aliphatic carbocycles. The van der Waals surface area contributed by atoms with E-state index in [1.54, 1.807) is 0 Å². The van der Waals surface area contributed by atoms with Crippen LogP contribution in [-0.2, 0) is 0 Å². The number of hydrogen-bond donors (Lipinski definition) is 1. The zero-order valence-electron chi connectivity index (χ0n) is 12.4. The Morgan fingerprint density at radius 2 is 1.12 bits per heavy atom. The fourth-order valence-corrected chi connectivity index (χ4v) is 1.93. The molecule has 1 N–H and O–H groups in total. The number of rotatable bonds is 0. The maximum Gasteiger partial charge on any atom is -0.00484 e. The van der Waals surface area contributed by atoms with Crippen molar-refractivity contribution in [2.24, 2.45) is 5.92 Å². The van der Waals surface area contributed by atoms with Crippen molar-refractivity contribution in [3.8, 4) is 0 Å². The van der Waals surface area contributed by atoms with Crippen LogP contribution in [0.1, 0.15) is 79.6 Å². The van der Waals surface area contributed by atoms with E-state index in [4.69, 9.17) is 0 Å². The van der Waals surface area contributed by atoms with Gasteiger partial charge in [0, 0.05) is 0 Å². The van der Waals surface area contributed by atoms with Crippen LogP contribution in [0, 0.1) is 5.92 Å². The molecule has 0 atom stereocenters. The highest BCUT2D eigenvalue weighted by Crippen LogP contribution is 2.22. The highest BCUT2D eigenvalue weighted by molar-refractivity contribution is 4.59. The third-order valence-electron chi connectivity index (χ3n) is 2.85. The van der Waals surface area contributed by atoms with Crippen LogP contribution in [-0.4, -0.2) is 13.1 Å². The van der Waals surface area contributed by atoms with E-state index in [2.05, 4.69) is 12.2 Å². The Morgan fingerprint density at radius 1 is 0.688 bits per heavy atom. The Kier molecular flexibility index (Phi) is 19.9. The first-order valence-electron chi connectivity index (χ1n) is 7.60. The van der Waals surface area contributed by atoms with E-state index >= 15 is 0 Å². The van der Waals surface area contributed by atoms with Crippen molar-refractivity contribution in [1.29, 1.82) is 0 Å². The Balaban J connectivity index is 0. The Morgan fingerprint density at radius 3 is 1.31 bits per heavy atom. The summed E-state index contributed by atoms with van der Waals surface area (Å²) < 4.78 is 0. The van der Waals surface area contributed by atoms with Gasteiger partial charge in [0.15, 0.2) is 0 Å². The number of nitrogens with one attached hydrogen (secondary N) is 1. The van der Waals surface area contributed by atoms with E-state index in [1.807, 2.05) is 27.7 Å². The van der Waals surface area contributed by atoms with Crippen LogP contribution in [0.15, 0.2) is 0 Å². The second-order valence-electron chi connectivity index (χ2n) is 4.20. The van der Waals surface area contributed by atoms with Crippen molar-refractivity contribution in [3.05, 3.63) is 0 Å². The fourth-order valence-electron chi connectivity index (χ4n) is 1.93. The van der Waals surface area contributed by atoms with Crippen LogP contribution >= 0.6 is 0 Å². The van der Waals surface area contributed by atoms with Gasteiger partial charge in [-0.05, 0) is 31.8 Å². The predicted octanol–water partition coefficient (Wildman–Crippen LogP) is 5.01. The monoisotopic (exact) mass is 229 g/mol. The molecule has 0 bridgehead atoms. The molecule has 1 heterocycles. The summed E-state index contributed by atoms with van der Waals surface area (Å²) in [4.78, 5) is 0. The molecule has 0 aromatic rings. The van der Waals surface area contributed by atoms with Crippen LogP contribution in [0.2, 0.25) is 0 Å². The quantitative estimate of drug-likeness (QED) is 0.616. The van der Waals surface area contributed by atoms with E-state index in [-0.39, 0.29) is 0 Å².